The van der Waals surface area contributed by atoms with Crippen molar-refractivity contribution in [2.24, 2.45) is 11.1 Å². The van der Waals surface area contributed by atoms with Gasteiger partial charge in [-0.25, -0.2) is 0 Å². The van der Waals surface area contributed by atoms with E-state index in [0.717, 1.165) is 19.5 Å². The average Bonchev–Trinajstić information content (AvgIpc) is 2.17. The van der Waals surface area contributed by atoms with Gasteiger partial charge in [-0.2, -0.15) is 0 Å². The second-order valence-electron chi connectivity index (χ2n) is 5.65. The van der Waals surface area contributed by atoms with E-state index in [0.29, 0.717) is 11.5 Å². The van der Waals surface area contributed by atoms with Crippen molar-refractivity contribution in [1.82, 2.24) is 4.90 Å². The zero-order valence-corrected chi connectivity index (χ0v) is 10.7. The molecular weight excluding hydrogens is 184 g/mol. The van der Waals surface area contributed by atoms with Gasteiger partial charge in [-0.3, -0.25) is 4.90 Å². The van der Waals surface area contributed by atoms with Crippen LogP contribution in [0.25, 0.3) is 0 Å². The lowest BCUT2D eigenvalue weighted by Crippen LogP contribution is -2.38. The lowest BCUT2D eigenvalue weighted by Gasteiger charge is -2.35. The third-order valence-corrected chi connectivity index (χ3v) is 3.41. The fraction of sp³-hybridized carbons (Fsp3) is 0.846. The van der Waals surface area contributed by atoms with Gasteiger partial charge >= 0.3 is 0 Å². The summed E-state index contributed by atoms with van der Waals surface area (Å²) < 4.78 is 0. The molecule has 1 atom stereocenters. The molecule has 1 aliphatic rings. The van der Waals surface area contributed by atoms with E-state index in [-0.39, 0.29) is 0 Å². The van der Waals surface area contributed by atoms with Gasteiger partial charge in [-0.05, 0) is 31.7 Å². The SMILES string of the molecule is CC(CCN)N1CC=C(C(C)(C)C)CC1. The highest BCUT2D eigenvalue weighted by molar-refractivity contribution is 5.14. The lowest BCUT2D eigenvalue weighted by molar-refractivity contribution is 0.209. The molecule has 2 N–H and O–H groups in total. The van der Waals surface area contributed by atoms with E-state index in [2.05, 4.69) is 38.7 Å². The van der Waals surface area contributed by atoms with Crippen LogP contribution in [0.4, 0.5) is 0 Å². The molecule has 0 saturated heterocycles. The molecule has 0 aliphatic carbocycles. The van der Waals surface area contributed by atoms with Crippen LogP contribution in [0.3, 0.4) is 0 Å². The summed E-state index contributed by atoms with van der Waals surface area (Å²) in [5, 5.41) is 0. The third kappa shape index (κ3) is 3.62. The molecule has 0 spiro atoms. The molecule has 0 aromatic carbocycles. The largest absolute Gasteiger partial charge is 0.330 e. The highest BCUT2D eigenvalue weighted by atomic mass is 15.1. The van der Waals surface area contributed by atoms with Crippen LogP contribution < -0.4 is 5.73 Å². The first kappa shape index (κ1) is 12.7. The maximum absolute atomic E-state index is 5.59. The fourth-order valence-electron chi connectivity index (χ4n) is 2.19. The smallest absolute Gasteiger partial charge is 0.0168 e. The molecule has 2 heteroatoms. The number of hydrogen-bond donors (Lipinski definition) is 1. The Morgan fingerprint density at radius 3 is 2.53 bits per heavy atom. The van der Waals surface area contributed by atoms with E-state index in [1.54, 1.807) is 5.57 Å². The van der Waals surface area contributed by atoms with Crippen LogP contribution in [-0.4, -0.2) is 30.6 Å². The van der Waals surface area contributed by atoms with Gasteiger partial charge in [-0.1, -0.05) is 32.4 Å². The third-order valence-electron chi connectivity index (χ3n) is 3.41. The fourth-order valence-corrected chi connectivity index (χ4v) is 2.19. The van der Waals surface area contributed by atoms with Gasteiger partial charge in [0.2, 0.25) is 0 Å². The van der Waals surface area contributed by atoms with Crippen molar-refractivity contribution in [3.8, 4) is 0 Å². The highest BCUT2D eigenvalue weighted by Crippen LogP contribution is 2.30. The van der Waals surface area contributed by atoms with Gasteiger partial charge in [-0.15, -0.1) is 0 Å². The van der Waals surface area contributed by atoms with Crippen LogP contribution in [-0.2, 0) is 0 Å². The Morgan fingerprint density at radius 1 is 1.47 bits per heavy atom. The predicted octanol–water partition coefficient (Wildman–Crippen LogP) is 2.40. The van der Waals surface area contributed by atoms with E-state index in [9.17, 15) is 0 Å². The first-order valence-electron chi connectivity index (χ1n) is 6.08. The molecule has 1 aliphatic heterocycles. The monoisotopic (exact) mass is 210 g/mol. The molecule has 2 nitrogen and oxygen atoms in total. The Labute approximate surface area is 94.5 Å². The molecule has 1 unspecified atom stereocenters. The Morgan fingerprint density at radius 2 is 2.13 bits per heavy atom. The summed E-state index contributed by atoms with van der Waals surface area (Å²) in [5.74, 6) is 0. The van der Waals surface area contributed by atoms with Gasteiger partial charge in [0.1, 0.15) is 0 Å². The summed E-state index contributed by atoms with van der Waals surface area (Å²) in [6.07, 6.45) is 4.74. The van der Waals surface area contributed by atoms with Crippen molar-refractivity contribution < 1.29 is 0 Å². The Kier molecular flexibility index (Phi) is 4.35. The molecule has 0 saturated carbocycles. The number of rotatable bonds is 3. The van der Waals surface area contributed by atoms with Gasteiger partial charge in [0.05, 0.1) is 0 Å². The number of nitrogens with two attached hydrogens (primary N) is 1. The Balaban J connectivity index is 2.51. The Hall–Kier alpha value is -0.340. The topological polar surface area (TPSA) is 29.3 Å². The van der Waals surface area contributed by atoms with Gasteiger partial charge in [0.15, 0.2) is 0 Å². The lowest BCUT2D eigenvalue weighted by atomic mass is 9.83. The second-order valence-corrected chi connectivity index (χ2v) is 5.65. The normalized spacial score (nSPS) is 21.3. The van der Waals surface area contributed by atoms with E-state index in [1.807, 2.05) is 0 Å². The molecule has 1 rings (SSSR count). The molecule has 0 aromatic heterocycles. The summed E-state index contributed by atoms with van der Waals surface area (Å²) in [4.78, 5) is 2.53. The van der Waals surface area contributed by atoms with Crippen molar-refractivity contribution >= 4 is 0 Å². The van der Waals surface area contributed by atoms with Crippen LogP contribution in [0.2, 0.25) is 0 Å². The van der Waals surface area contributed by atoms with Gasteiger partial charge in [0, 0.05) is 19.1 Å². The minimum Gasteiger partial charge on any atom is -0.330 e. The molecule has 15 heavy (non-hydrogen) atoms. The molecule has 88 valence electrons. The molecule has 0 aromatic rings. The summed E-state index contributed by atoms with van der Waals surface area (Å²) in [6.45, 7) is 12.3. The quantitative estimate of drug-likeness (QED) is 0.725. The van der Waals surface area contributed by atoms with Gasteiger partial charge in [0.25, 0.3) is 0 Å². The number of nitrogens with zero attached hydrogens (tertiary/aromatic N) is 1. The van der Waals surface area contributed by atoms with E-state index < -0.39 is 0 Å². The maximum Gasteiger partial charge on any atom is 0.0168 e. The zero-order valence-electron chi connectivity index (χ0n) is 10.7. The minimum atomic E-state index is 0.350. The van der Waals surface area contributed by atoms with Crippen molar-refractivity contribution in [3.05, 3.63) is 11.6 Å². The average molecular weight is 210 g/mol. The van der Waals surface area contributed by atoms with Crippen LogP contribution in [0.15, 0.2) is 11.6 Å². The van der Waals surface area contributed by atoms with Crippen LogP contribution >= 0.6 is 0 Å². The summed E-state index contributed by atoms with van der Waals surface area (Å²) >= 11 is 0. The van der Waals surface area contributed by atoms with Crippen LogP contribution in [0.5, 0.6) is 0 Å². The molecule has 1 heterocycles. The minimum absolute atomic E-state index is 0.350. The standard InChI is InChI=1S/C13H26N2/c1-11(5-8-14)15-9-6-12(7-10-15)13(2,3)4/h6,11H,5,7-10,14H2,1-4H3. The summed E-state index contributed by atoms with van der Waals surface area (Å²) in [7, 11) is 0. The molecule has 0 radical (unpaired) electrons. The van der Waals surface area contributed by atoms with Crippen molar-refractivity contribution in [3.63, 3.8) is 0 Å². The predicted molar refractivity (Wildman–Crippen MR) is 66.9 cm³/mol. The first-order valence-corrected chi connectivity index (χ1v) is 6.08. The molecule has 0 bridgehead atoms. The number of hydrogen-bond acceptors (Lipinski definition) is 2. The van der Waals surface area contributed by atoms with Crippen molar-refractivity contribution in [2.75, 3.05) is 19.6 Å². The van der Waals surface area contributed by atoms with Crippen molar-refractivity contribution in [2.45, 2.75) is 46.6 Å². The second kappa shape index (κ2) is 5.13. The maximum atomic E-state index is 5.59. The highest BCUT2D eigenvalue weighted by Gasteiger charge is 2.22. The first-order chi connectivity index (χ1) is 6.95. The van der Waals surface area contributed by atoms with Crippen LogP contribution in [0, 0.1) is 5.41 Å². The van der Waals surface area contributed by atoms with Crippen LogP contribution in [0.1, 0.15) is 40.5 Å². The van der Waals surface area contributed by atoms with E-state index in [4.69, 9.17) is 5.73 Å². The summed E-state index contributed by atoms with van der Waals surface area (Å²) in [6, 6.07) is 0.632. The van der Waals surface area contributed by atoms with Crippen molar-refractivity contribution in [1.29, 1.82) is 0 Å². The summed E-state index contributed by atoms with van der Waals surface area (Å²) in [5.41, 5.74) is 7.55. The van der Waals surface area contributed by atoms with Gasteiger partial charge < -0.3 is 5.73 Å². The zero-order chi connectivity index (χ0) is 11.5. The van der Waals surface area contributed by atoms with E-state index >= 15 is 0 Å². The molecule has 0 fully saturated rings. The molecule has 0 amide bonds. The Bertz CT molecular complexity index is 225. The van der Waals surface area contributed by atoms with E-state index in [1.165, 1.54) is 13.0 Å². The molecular formula is C13H26N2.